The molecule has 0 aliphatic heterocycles. The van der Waals surface area contributed by atoms with Crippen LogP contribution < -0.4 is 5.73 Å². The average Bonchev–Trinajstić information content (AvgIpc) is 2.18. The Morgan fingerprint density at radius 3 is 2.80 bits per heavy atom. The molecule has 0 aromatic heterocycles. The molecule has 0 amide bonds. The van der Waals surface area contributed by atoms with Gasteiger partial charge in [-0.05, 0) is 31.0 Å². The third-order valence-corrected chi connectivity index (χ3v) is 2.31. The number of benzene rings is 1. The van der Waals surface area contributed by atoms with Crippen LogP contribution in [0.4, 0.5) is 0 Å². The molecule has 15 heavy (non-hydrogen) atoms. The molecule has 0 aliphatic rings. The van der Waals surface area contributed by atoms with Crippen molar-refractivity contribution in [2.24, 2.45) is 5.73 Å². The number of phenols is 1. The lowest BCUT2D eigenvalue weighted by Crippen LogP contribution is -2.09. The molecule has 0 aliphatic carbocycles. The van der Waals surface area contributed by atoms with E-state index in [0.29, 0.717) is 10.6 Å². The Hall–Kier alpha value is -0.700. The van der Waals surface area contributed by atoms with Gasteiger partial charge in [0.05, 0.1) is 0 Å². The highest BCUT2D eigenvalue weighted by molar-refractivity contribution is 6.30. The summed E-state index contributed by atoms with van der Waals surface area (Å²) in [6, 6.07) is 4.71. The van der Waals surface area contributed by atoms with Gasteiger partial charge in [-0.15, -0.1) is 19.0 Å². The summed E-state index contributed by atoms with van der Waals surface area (Å²) in [5, 5.41) is 10.1. The van der Waals surface area contributed by atoms with Gasteiger partial charge < -0.3 is 10.8 Å². The number of hydrogen-bond donors (Lipinski definition) is 2. The molecule has 0 bridgehead atoms. The zero-order chi connectivity index (χ0) is 10.6. The fraction of sp³-hybridized carbons (Fsp3) is 0.273. The smallest absolute Gasteiger partial charge is 0.120 e. The van der Waals surface area contributed by atoms with Crippen molar-refractivity contribution in [2.75, 3.05) is 0 Å². The maximum Gasteiger partial charge on any atom is 0.120 e. The largest absolute Gasteiger partial charge is 0.508 e. The summed E-state index contributed by atoms with van der Waals surface area (Å²) in [6.45, 7) is 3.62. The molecule has 1 aromatic rings. The molecule has 0 saturated heterocycles. The van der Waals surface area contributed by atoms with Crippen LogP contribution in [-0.4, -0.2) is 5.11 Å². The third kappa shape index (κ3) is 4.12. The van der Waals surface area contributed by atoms with Crippen molar-refractivity contribution in [3.63, 3.8) is 0 Å². The molecule has 4 heteroatoms. The van der Waals surface area contributed by atoms with Gasteiger partial charge >= 0.3 is 0 Å². The van der Waals surface area contributed by atoms with E-state index in [1.165, 1.54) is 0 Å². The predicted molar refractivity (Wildman–Crippen MR) is 66.7 cm³/mol. The summed E-state index contributed by atoms with van der Waals surface area (Å²) < 4.78 is 0. The van der Waals surface area contributed by atoms with E-state index in [-0.39, 0.29) is 24.2 Å². The second-order valence-corrected chi connectivity index (χ2v) is 3.61. The lowest BCUT2D eigenvalue weighted by Gasteiger charge is -2.12. The molecule has 0 saturated carbocycles. The van der Waals surface area contributed by atoms with Gasteiger partial charge in [0.1, 0.15) is 5.75 Å². The fourth-order valence-electron chi connectivity index (χ4n) is 1.28. The van der Waals surface area contributed by atoms with E-state index < -0.39 is 0 Å². The van der Waals surface area contributed by atoms with Gasteiger partial charge in [0.15, 0.2) is 0 Å². The molecule has 0 heterocycles. The molecule has 0 spiro atoms. The lowest BCUT2D eigenvalue weighted by molar-refractivity contribution is 0.459. The minimum atomic E-state index is -0.188. The van der Waals surface area contributed by atoms with E-state index >= 15 is 0 Å². The van der Waals surface area contributed by atoms with Crippen molar-refractivity contribution in [2.45, 2.75) is 18.9 Å². The second kappa shape index (κ2) is 6.72. The predicted octanol–water partition coefficient (Wildman–Crippen LogP) is 3.43. The topological polar surface area (TPSA) is 46.2 Å². The summed E-state index contributed by atoms with van der Waals surface area (Å²) in [4.78, 5) is 0. The number of allylic oxidation sites excluding steroid dienone is 1. The van der Waals surface area contributed by atoms with Crippen molar-refractivity contribution >= 4 is 24.0 Å². The van der Waals surface area contributed by atoms with Crippen molar-refractivity contribution in [3.05, 3.63) is 41.4 Å². The highest BCUT2D eigenvalue weighted by Crippen LogP contribution is 2.28. The Morgan fingerprint density at radius 2 is 2.20 bits per heavy atom. The van der Waals surface area contributed by atoms with Crippen molar-refractivity contribution < 1.29 is 5.11 Å². The Bertz CT molecular complexity index is 328. The molecule has 0 fully saturated rings. The van der Waals surface area contributed by atoms with E-state index in [1.54, 1.807) is 24.3 Å². The average molecular weight is 248 g/mol. The SMILES string of the molecule is C=CCC[C@@H](N)c1cc(Cl)ccc1O.Cl. The van der Waals surface area contributed by atoms with Gasteiger partial charge in [0.2, 0.25) is 0 Å². The molecule has 1 aromatic carbocycles. The number of nitrogens with two attached hydrogens (primary N) is 1. The number of aromatic hydroxyl groups is 1. The van der Waals surface area contributed by atoms with Crippen LogP contribution in [-0.2, 0) is 0 Å². The minimum absolute atomic E-state index is 0. The summed E-state index contributed by atoms with van der Waals surface area (Å²) in [7, 11) is 0. The quantitative estimate of drug-likeness (QED) is 0.802. The first-order valence-corrected chi connectivity index (χ1v) is 4.88. The van der Waals surface area contributed by atoms with Crippen LogP contribution >= 0.6 is 24.0 Å². The molecule has 2 nitrogen and oxygen atoms in total. The normalized spacial score (nSPS) is 11.6. The first kappa shape index (κ1) is 14.3. The van der Waals surface area contributed by atoms with E-state index in [1.807, 2.05) is 0 Å². The number of hydrogen-bond acceptors (Lipinski definition) is 2. The first-order valence-electron chi connectivity index (χ1n) is 4.50. The highest BCUT2D eigenvalue weighted by atomic mass is 35.5. The van der Waals surface area contributed by atoms with Gasteiger partial charge in [-0.25, -0.2) is 0 Å². The number of phenolic OH excluding ortho intramolecular Hbond substituents is 1. The fourth-order valence-corrected chi connectivity index (χ4v) is 1.46. The summed E-state index contributed by atoms with van der Waals surface area (Å²) in [5.41, 5.74) is 6.58. The Kier molecular flexibility index (Phi) is 6.41. The van der Waals surface area contributed by atoms with Crippen LogP contribution in [0.25, 0.3) is 0 Å². The Balaban J connectivity index is 0.00000196. The Labute approximate surface area is 101 Å². The molecule has 1 atom stereocenters. The van der Waals surface area contributed by atoms with Crippen LogP contribution in [0.5, 0.6) is 5.75 Å². The summed E-state index contributed by atoms with van der Waals surface area (Å²) >= 11 is 5.81. The maximum atomic E-state index is 9.54. The van der Waals surface area contributed by atoms with Gasteiger partial charge in [-0.3, -0.25) is 0 Å². The van der Waals surface area contributed by atoms with Crippen molar-refractivity contribution in [1.29, 1.82) is 0 Å². The standard InChI is InChI=1S/C11H14ClNO.ClH/c1-2-3-4-10(13)9-7-8(12)5-6-11(9)14;/h2,5-7,10,14H,1,3-4,13H2;1H/t10-;/m1./s1. The summed E-state index contributed by atoms with van der Waals surface area (Å²) in [6.07, 6.45) is 3.39. The van der Waals surface area contributed by atoms with Crippen LogP contribution in [0.1, 0.15) is 24.4 Å². The molecule has 0 unspecified atom stereocenters. The lowest BCUT2D eigenvalue weighted by atomic mass is 10.0. The van der Waals surface area contributed by atoms with Crippen molar-refractivity contribution in [1.82, 2.24) is 0 Å². The molecule has 0 radical (unpaired) electrons. The van der Waals surface area contributed by atoms with Gasteiger partial charge in [0, 0.05) is 16.6 Å². The highest BCUT2D eigenvalue weighted by Gasteiger charge is 2.10. The molecular formula is C11H15Cl2NO. The monoisotopic (exact) mass is 247 g/mol. The Morgan fingerprint density at radius 1 is 1.53 bits per heavy atom. The van der Waals surface area contributed by atoms with Gasteiger partial charge in [-0.2, -0.15) is 0 Å². The molecule has 1 rings (SSSR count). The van der Waals surface area contributed by atoms with E-state index in [2.05, 4.69) is 6.58 Å². The zero-order valence-corrected chi connectivity index (χ0v) is 9.89. The summed E-state index contributed by atoms with van der Waals surface area (Å²) in [5.74, 6) is 0.200. The van der Waals surface area contributed by atoms with Crippen LogP contribution in [0.2, 0.25) is 5.02 Å². The van der Waals surface area contributed by atoms with Crippen molar-refractivity contribution in [3.8, 4) is 5.75 Å². The van der Waals surface area contributed by atoms with Crippen LogP contribution in [0, 0.1) is 0 Å². The molecular weight excluding hydrogens is 233 g/mol. The molecule has 3 N–H and O–H groups in total. The minimum Gasteiger partial charge on any atom is -0.508 e. The van der Waals surface area contributed by atoms with Crippen LogP contribution in [0.15, 0.2) is 30.9 Å². The zero-order valence-electron chi connectivity index (χ0n) is 8.32. The van der Waals surface area contributed by atoms with E-state index in [9.17, 15) is 5.11 Å². The maximum absolute atomic E-state index is 9.54. The third-order valence-electron chi connectivity index (χ3n) is 2.07. The molecule has 84 valence electrons. The first-order chi connectivity index (χ1) is 6.65. The number of rotatable bonds is 4. The second-order valence-electron chi connectivity index (χ2n) is 3.18. The van der Waals surface area contributed by atoms with E-state index in [4.69, 9.17) is 17.3 Å². The number of halogens is 2. The van der Waals surface area contributed by atoms with E-state index in [0.717, 1.165) is 12.8 Å². The van der Waals surface area contributed by atoms with Gasteiger partial charge in [-0.1, -0.05) is 17.7 Å². The van der Waals surface area contributed by atoms with Crippen LogP contribution in [0.3, 0.4) is 0 Å². The van der Waals surface area contributed by atoms with Gasteiger partial charge in [0.25, 0.3) is 0 Å².